The topological polar surface area (TPSA) is 15.3 Å². The number of nitrogens with zero attached hydrogens (tertiary/aromatic N) is 1. The van der Waals surface area contributed by atoms with Gasteiger partial charge >= 0.3 is 0 Å². The number of hydrogen-bond donors (Lipinski definition) is 1. The maximum absolute atomic E-state index is 3.61. The van der Waals surface area contributed by atoms with Gasteiger partial charge < -0.3 is 5.32 Å². The van der Waals surface area contributed by atoms with Gasteiger partial charge in [0.05, 0.1) is 0 Å². The maximum Gasteiger partial charge on any atom is 0.0237 e. The minimum Gasteiger partial charge on any atom is -0.308 e. The number of piperidine rings is 1. The van der Waals surface area contributed by atoms with Gasteiger partial charge in [0.1, 0.15) is 0 Å². The number of benzene rings is 1. The Morgan fingerprint density at radius 3 is 2.55 bits per heavy atom. The molecule has 1 saturated heterocycles. The molecule has 1 atom stereocenters. The minimum atomic E-state index is 0.173. The van der Waals surface area contributed by atoms with E-state index in [2.05, 4.69) is 62.2 Å². The standard InChI is InChI=1S/C18H30N2/c1-15-8-7-11-20(13-15)14-17-10-6-5-9-16(17)12-19-18(2,3)4/h5-6,9-10,15,19H,7-8,11-14H2,1-4H3. The van der Waals surface area contributed by atoms with Crippen LogP contribution < -0.4 is 5.32 Å². The van der Waals surface area contributed by atoms with E-state index < -0.39 is 0 Å². The molecule has 1 heterocycles. The van der Waals surface area contributed by atoms with E-state index in [4.69, 9.17) is 0 Å². The minimum absolute atomic E-state index is 0.173. The predicted octanol–water partition coefficient (Wildman–Crippen LogP) is 3.81. The molecule has 0 radical (unpaired) electrons. The maximum atomic E-state index is 3.61. The van der Waals surface area contributed by atoms with Crippen molar-refractivity contribution >= 4 is 0 Å². The second kappa shape index (κ2) is 6.73. The van der Waals surface area contributed by atoms with Gasteiger partial charge in [-0.3, -0.25) is 4.90 Å². The lowest BCUT2D eigenvalue weighted by Crippen LogP contribution is -2.36. The van der Waals surface area contributed by atoms with Gasteiger partial charge in [-0.15, -0.1) is 0 Å². The Labute approximate surface area is 124 Å². The summed E-state index contributed by atoms with van der Waals surface area (Å²) in [5, 5.41) is 3.61. The molecule has 2 nitrogen and oxygen atoms in total. The van der Waals surface area contributed by atoms with Crippen molar-refractivity contribution in [3.8, 4) is 0 Å². The van der Waals surface area contributed by atoms with E-state index in [9.17, 15) is 0 Å². The van der Waals surface area contributed by atoms with Crippen LogP contribution in [-0.4, -0.2) is 23.5 Å². The molecule has 0 saturated carbocycles. The highest BCUT2D eigenvalue weighted by atomic mass is 15.1. The monoisotopic (exact) mass is 274 g/mol. The summed E-state index contributed by atoms with van der Waals surface area (Å²) in [5.74, 6) is 0.851. The van der Waals surface area contributed by atoms with Gasteiger partial charge in [-0.05, 0) is 57.2 Å². The molecule has 0 aromatic heterocycles. The van der Waals surface area contributed by atoms with Gasteiger partial charge in [-0.1, -0.05) is 31.2 Å². The third-order valence-electron chi connectivity index (χ3n) is 4.06. The number of rotatable bonds is 4. The van der Waals surface area contributed by atoms with E-state index in [-0.39, 0.29) is 5.54 Å². The quantitative estimate of drug-likeness (QED) is 0.898. The van der Waals surface area contributed by atoms with E-state index in [0.29, 0.717) is 0 Å². The molecule has 112 valence electrons. The summed E-state index contributed by atoms with van der Waals surface area (Å²) < 4.78 is 0. The lowest BCUT2D eigenvalue weighted by molar-refractivity contribution is 0.176. The lowest BCUT2D eigenvalue weighted by Gasteiger charge is -2.31. The second-order valence-electron chi connectivity index (χ2n) is 7.35. The van der Waals surface area contributed by atoms with Gasteiger partial charge in [-0.2, -0.15) is 0 Å². The van der Waals surface area contributed by atoms with Crippen LogP contribution in [0, 0.1) is 5.92 Å². The Morgan fingerprint density at radius 1 is 1.20 bits per heavy atom. The van der Waals surface area contributed by atoms with Crippen molar-refractivity contribution in [1.82, 2.24) is 10.2 Å². The molecule has 1 N–H and O–H groups in total. The van der Waals surface area contributed by atoms with Gasteiger partial charge in [0, 0.05) is 25.2 Å². The van der Waals surface area contributed by atoms with Crippen molar-refractivity contribution in [2.24, 2.45) is 5.92 Å². The van der Waals surface area contributed by atoms with Crippen LogP contribution in [0.15, 0.2) is 24.3 Å². The third kappa shape index (κ3) is 4.92. The number of nitrogens with one attached hydrogen (secondary N) is 1. The zero-order valence-electron chi connectivity index (χ0n) is 13.6. The van der Waals surface area contributed by atoms with Gasteiger partial charge in [-0.25, -0.2) is 0 Å². The fourth-order valence-corrected chi connectivity index (χ4v) is 2.92. The summed E-state index contributed by atoms with van der Waals surface area (Å²) in [5.41, 5.74) is 3.10. The summed E-state index contributed by atoms with van der Waals surface area (Å²) in [7, 11) is 0. The zero-order valence-corrected chi connectivity index (χ0v) is 13.6. The highest BCUT2D eigenvalue weighted by Crippen LogP contribution is 2.19. The number of likely N-dealkylation sites (tertiary alicyclic amines) is 1. The van der Waals surface area contributed by atoms with Crippen LogP contribution in [0.4, 0.5) is 0 Å². The summed E-state index contributed by atoms with van der Waals surface area (Å²) >= 11 is 0. The molecule has 1 fully saturated rings. The lowest BCUT2D eigenvalue weighted by atomic mass is 9.98. The summed E-state index contributed by atoms with van der Waals surface area (Å²) in [6.07, 6.45) is 2.74. The molecule has 1 aromatic carbocycles. The van der Waals surface area contributed by atoms with E-state index in [1.807, 2.05) is 0 Å². The molecular formula is C18H30N2. The fraction of sp³-hybridized carbons (Fsp3) is 0.667. The molecule has 2 rings (SSSR count). The van der Waals surface area contributed by atoms with Crippen LogP contribution >= 0.6 is 0 Å². The molecule has 0 spiro atoms. The Balaban J connectivity index is 2.00. The molecule has 2 heteroatoms. The normalized spacial score (nSPS) is 21.1. The third-order valence-corrected chi connectivity index (χ3v) is 4.06. The Morgan fingerprint density at radius 2 is 1.90 bits per heavy atom. The summed E-state index contributed by atoms with van der Waals surface area (Å²) in [6, 6.07) is 8.88. The fourth-order valence-electron chi connectivity index (χ4n) is 2.92. The molecule has 1 aliphatic rings. The van der Waals surface area contributed by atoms with Crippen LogP contribution in [0.2, 0.25) is 0 Å². The second-order valence-corrected chi connectivity index (χ2v) is 7.35. The molecule has 0 aliphatic carbocycles. The van der Waals surface area contributed by atoms with Crippen LogP contribution in [0.1, 0.15) is 51.7 Å². The zero-order chi connectivity index (χ0) is 14.6. The highest BCUT2D eigenvalue weighted by Gasteiger charge is 2.17. The molecule has 1 unspecified atom stereocenters. The molecule has 1 aliphatic heterocycles. The molecule has 0 bridgehead atoms. The van der Waals surface area contributed by atoms with Gasteiger partial charge in [0.2, 0.25) is 0 Å². The first kappa shape index (κ1) is 15.5. The largest absolute Gasteiger partial charge is 0.308 e. The van der Waals surface area contributed by atoms with Crippen LogP contribution in [0.3, 0.4) is 0 Å². The van der Waals surface area contributed by atoms with Crippen LogP contribution in [0.5, 0.6) is 0 Å². The van der Waals surface area contributed by atoms with Crippen molar-refractivity contribution in [2.75, 3.05) is 13.1 Å². The van der Waals surface area contributed by atoms with E-state index in [1.54, 1.807) is 0 Å². The summed E-state index contributed by atoms with van der Waals surface area (Å²) in [6.45, 7) is 13.6. The Hall–Kier alpha value is -0.860. The van der Waals surface area contributed by atoms with Crippen LogP contribution in [-0.2, 0) is 13.1 Å². The Kier molecular flexibility index (Phi) is 5.22. The van der Waals surface area contributed by atoms with Crippen molar-refractivity contribution in [2.45, 2.75) is 59.2 Å². The van der Waals surface area contributed by atoms with E-state index in [0.717, 1.165) is 19.0 Å². The average molecular weight is 274 g/mol. The first-order chi connectivity index (χ1) is 9.44. The van der Waals surface area contributed by atoms with E-state index in [1.165, 1.54) is 37.1 Å². The average Bonchev–Trinajstić information content (AvgIpc) is 2.37. The smallest absolute Gasteiger partial charge is 0.0237 e. The van der Waals surface area contributed by atoms with Gasteiger partial charge in [0.25, 0.3) is 0 Å². The van der Waals surface area contributed by atoms with Crippen molar-refractivity contribution in [3.63, 3.8) is 0 Å². The summed E-state index contributed by atoms with van der Waals surface area (Å²) in [4.78, 5) is 2.62. The Bertz CT molecular complexity index is 420. The number of hydrogen-bond acceptors (Lipinski definition) is 2. The molecule has 0 amide bonds. The molecule has 1 aromatic rings. The molecule has 20 heavy (non-hydrogen) atoms. The molecular weight excluding hydrogens is 244 g/mol. The first-order valence-electron chi connectivity index (χ1n) is 7.98. The van der Waals surface area contributed by atoms with Crippen molar-refractivity contribution in [3.05, 3.63) is 35.4 Å². The predicted molar refractivity (Wildman–Crippen MR) is 86.7 cm³/mol. The first-order valence-corrected chi connectivity index (χ1v) is 7.98. The highest BCUT2D eigenvalue weighted by molar-refractivity contribution is 5.27. The van der Waals surface area contributed by atoms with E-state index >= 15 is 0 Å². The van der Waals surface area contributed by atoms with Gasteiger partial charge in [0.15, 0.2) is 0 Å². The van der Waals surface area contributed by atoms with Crippen molar-refractivity contribution in [1.29, 1.82) is 0 Å². The SMILES string of the molecule is CC1CCCN(Cc2ccccc2CNC(C)(C)C)C1. The van der Waals surface area contributed by atoms with Crippen LogP contribution in [0.25, 0.3) is 0 Å². The van der Waals surface area contributed by atoms with Crippen molar-refractivity contribution < 1.29 is 0 Å².